The second kappa shape index (κ2) is 6.89. The van der Waals surface area contributed by atoms with Crippen LogP contribution in [0.3, 0.4) is 0 Å². The topological polar surface area (TPSA) is 64.1 Å². The third kappa shape index (κ3) is 4.14. The number of benzene rings is 1. The largest absolute Gasteiger partial charge is 0.486 e. The second-order valence-electron chi connectivity index (χ2n) is 4.93. The standard InChI is InChI=1S/C16H15N3O2S2/c1-10-9-22-14(18-10)8-21-13-5-3-12(4-6-13)15(20)19-16-17-7-11(2)23-16/h3-7,9H,8H2,1-2H3,(H,17,19,20). The van der Waals surface area contributed by atoms with Gasteiger partial charge >= 0.3 is 0 Å². The fourth-order valence-corrected chi connectivity index (χ4v) is 3.24. The monoisotopic (exact) mass is 345 g/mol. The van der Waals surface area contributed by atoms with E-state index in [2.05, 4.69) is 15.3 Å². The lowest BCUT2D eigenvalue weighted by Crippen LogP contribution is -2.11. The maximum atomic E-state index is 12.1. The molecule has 0 aliphatic rings. The first-order chi connectivity index (χ1) is 11.1. The Bertz CT molecular complexity index is 809. The minimum absolute atomic E-state index is 0.179. The first-order valence-electron chi connectivity index (χ1n) is 6.98. The van der Waals surface area contributed by atoms with Gasteiger partial charge in [-0.2, -0.15) is 0 Å². The molecule has 118 valence electrons. The van der Waals surface area contributed by atoms with E-state index < -0.39 is 0 Å². The molecule has 0 bridgehead atoms. The van der Waals surface area contributed by atoms with Gasteiger partial charge in [-0.15, -0.1) is 22.7 Å². The van der Waals surface area contributed by atoms with E-state index in [1.807, 2.05) is 19.2 Å². The van der Waals surface area contributed by atoms with Crippen LogP contribution in [-0.4, -0.2) is 15.9 Å². The van der Waals surface area contributed by atoms with E-state index in [1.54, 1.807) is 41.8 Å². The summed E-state index contributed by atoms with van der Waals surface area (Å²) < 4.78 is 5.67. The van der Waals surface area contributed by atoms with Gasteiger partial charge in [-0.3, -0.25) is 10.1 Å². The Balaban J connectivity index is 1.58. The fourth-order valence-electron chi connectivity index (χ4n) is 1.90. The summed E-state index contributed by atoms with van der Waals surface area (Å²) in [6.07, 6.45) is 1.73. The molecule has 0 radical (unpaired) electrons. The molecule has 1 aromatic carbocycles. The Morgan fingerprint density at radius 3 is 2.65 bits per heavy atom. The molecule has 0 spiro atoms. The molecule has 2 aromatic heterocycles. The van der Waals surface area contributed by atoms with Crippen molar-refractivity contribution in [3.8, 4) is 5.75 Å². The lowest BCUT2D eigenvalue weighted by atomic mass is 10.2. The quantitative estimate of drug-likeness (QED) is 0.758. The molecule has 3 rings (SSSR count). The van der Waals surface area contributed by atoms with Crippen LogP contribution in [-0.2, 0) is 6.61 Å². The number of aryl methyl sites for hydroxylation is 2. The van der Waals surface area contributed by atoms with Gasteiger partial charge < -0.3 is 4.74 Å². The summed E-state index contributed by atoms with van der Waals surface area (Å²) in [5.41, 5.74) is 1.56. The summed E-state index contributed by atoms with van der Waals surface area (Å²) in [7, 11) is 0. The van der Waals surface area contributed by atoms with E-state index in [9.17, 15) is 4.79 Å². The molecule has 0 saturated heterocycles. The van der Waals surface area contributed by atoms with E-state index in [4.69, 9.17) is 4.74 Å². The highest BCUT2D eigenvalue weighted by Crippen LogP contribution is 2.19. The van der Waals surface area contributed by atoms with Crippen LogP contribution in [0.4, 0.5) is 5.13 Å². The summed E-state index contributed by atoms with van der Waals surface area (Å²) >= 11 is 3.02. The number of nitrogens with one attached hydrogen (secondary N) is 1. The van der Waals surface area contributed by atoms with Crippen LogP contribution < -0.4 is 10.1 Å². The predicted octanol–water partition coefficient (Wildman–Crippen LogP) is 4.05. The molecule has 3 aromatic rings. The Labute approximate surface area is 142 Å². The first-order valence-corrected chi connectivity index (χ1v) is 8.67. The third-order valence-electron chi connectivity index (χ3n) is 2.99. The summed E-state index contributed by atoms with van der Waals surface area (Å²) in [5, 5.41) is 6.31. The molecule has 0 aliphatic carbocycles. The number of anilines is 1. The average Bonchev–Trinajstić information content (AvgIpc) is 3.14. The van der Waals surface area contributed by atoms with Crippen LogP contribution >= 0.6 is 22.7 Å². The van der Waals surface area contributed by atoms with Crippen LogP contribution in [0.1, 0.15) is 25.9 Å². The number of carbonyl (C=O) groups is 1. The number of aromatic nitrogens is 2. The highest BCUT2D eigenvalue weighted by molar-refractivity contribution is 7.15. The molecule has 0 fully saturated rings. The van der Waals surface area contributed by atoms with Crippen molar-refractivity contribution in [2.45, 2.75) is 20.5 Å². The van der Waals surface area contributed by atoms with E-state index in [0.29, 0.717) is 23.1 Å². The van der Waals surface area contributed by atoms with Crippen molar-refractivity contribution in [1.29, 1.82) is 0 Å². The van der Waals surface area contributed by atoms with Crippen molar-refractivity contribution < 1.29 is 9.53 Å². The lowest BCUT2D eigenvalue weighted by molar-refractivity contribution is 0.102. The van der Waals surface area contributed by atoms with Crippen LogP contribution in [0.25, 0.3) is 0 Å². The number of hydrogen-bond acceptors (Lipinski definition) is 6. The van der Waals surface area contributed by atoms with Gasteiger partial charge in [0.05, 0.1) is 0 Å². The minimum Gasteiger partial charge on any atom is -0.486 e. The molecule has 0 aliphatic heterocycles. The normalized spacial score (nSPS) is 10.5. The molecular formula is C16H15N3O2S2. The molecule has 0 atom stereocenters. The molecule has 7 heteroatoms. The maximum Gasteiger partial charge on any atom is 0.257 e. The summed E-state index contributed by atoms with van der Waals surface area (Å²) in [4.78, 5) is 21.6. The van der Waals surface area contributed by atoms with Gasteiger partial charge in [0.25, 0.3) is 5.91 Å². The number of hydrogen-bond donors (Lipinski definition) is 1. The van der Waals surface area contributed by atoms with Crippen molar-refractivity contribution >= 4 is 33.7 Å². The molecule has 5 nitrogen and oxygen atoms in total. The van der Waals surface area contributed by atoms with Gasteiger partial charge in [0.1, 0.15) is 17.4 Å². The van der Waals surface area contributed by atoms with Crippen molar-refractivity contribution in [3.05, 3.63) is 57.0 Å². The van der Waals surface area contributed by atoms with Gasteiger partial charge in [-0.1, -0.05) is 0 Å². The zero-order chi connectivity index (χ0) is 16.2. The molecule has 0 saturated carbocycles. The Kier molecular flexibility index (Phi) is 4.68. The third-order valence-corrected chi connectivity index (χ3v) is 4.76. The highest BCUT2D eigenvalue weighted by Gasteiger charge is 2.08. The number of nitrogens with zero attached hydrogens (tertiary/aromatic N) is 2. The minimum atomic E-state index is -0.179. The van der Waals surface area contributed by atoms with Crippen LogP contribution in [0.15, 0.2) is 35.8 Å². The van der Waals surface area contributed by atoms with Crippen molar-refractivity contribution in [1.82, 2.24) is 9.97 Å². The molecule has 23 heavy (non-hydrogen) atoms. The second-order valence-corrected chi connectivity index (χ2v) is 7.10. The van der Waals surface area contributed by atoms with Crippen molar-refractivity contribution in [3.63, 3.8) is 0 Å². The van der Waals surface area contributed by atoms with Crippen LogP contribution in [0, 0.1) is 13.8 Å². The van der Waals surface area contributed by atoms with Crippen LogP contribution in [0.2, 0.25) is 0 Å². The Morgan fingerprint density at radius 1 is 1.26 bits per heavy atom. The number of amides is 1. The first kappa shape index (κ1) is 15.6. The van der Waals surface area contributed by atoms with E-state index in [1.165, 1.54) is 11.3 Å². The number of thiazole rings is 2. The smallest absolute Gasteiger partial charge is 0.257 e. The predicted molar refractivity (Wildman–Crippen MR) is 92.4 cm³/mol. The molecule has 0 unspecified atom stereocenters. The number of ether oxygens (including phenoxy) is 1. The SMILES string of the molecule is Cc1csc(COc2ccc(C(=O)Nc3ncc(C)s3)cc2)n1. The van der Waals surface area contributed by atoms with Gasteiger partial charge in [-0.25, -0.2) is 9.97 Å². The Morgan fingerprint density at radius 2 is 2.04 bits per heavy atom. The lowest BCUT2D eigenvalue weighted by Gasteiger charge is -2.05. The van der Waals surface area contributed by atoms with E-state index in [-0.39, 0.29) is 5.91 Å². The van der Waals surface area contributed by atoms with Gasteiger partial charge in [0.15, 0.2) is 5.13 Å². The van der Waals surface area contributed by atoms with Crippen LogP contribution in [0.5, 0.6) is 5.75 Å². The van der Waals surface area contributed by atoms with E-state index >= 15 is 0 Å². The highest BCUT2D eigenvalue weighted by atomic mass is 32.1. The summed E-state index contributed by atoms with van der Waals surface area (Å²) in [6, 6.07) is 7.03. The zero-order valence-corrected chi connectivity index (χ0v) is 14.3. The Hall–Kier alpha value is -2.25. The van der Waals surface area contributed by atoms with Gasteiger partial charge in [0, 0.05) is 27.7 Å². The molecule has 2 heterocycles. The van der Waals surface area contributed by atoms with Crippen molar-refractivity contribution in [2.75, 3.05) is 5.32 Å². The number of carbonyl (C=O) groups excluding carboxylic acids is 1. The molecule has 1 N–H and O–H groups in total. The van der Waals surface area contributed by atoms with Gasteiger partial charge in [0.2, 0.25) is 0 Å². The fraction of sp³-hybridized carbons (Fsp3) is 0.188. The maximum absolute atomic E-state index is 12.1. The summed E-state index contributed by atoms with van der Waals surface area (Å²) in [5.74, 6) is 0.529. The summed E-state index contributed by atoms with van der Waals surface area (Å²) in [6.45, 7) is 4.34. The number of rotatable bonds is 5. The van der Waals surface area contributed by atoms with Crippen molar-refractivity contribution in [2.24, 2.45) is 0 Å². The molecule has 1 amide bonds. The average molecular weight is 345 g/mol. The van der Waals surface area contributed by atoms with Gasteiger partial charge in [-0.05, 0) is 38.1 Å². The zero-order valence-electron chi connectivity index (χ0n) is 12.7. The molecular weight excluding hydrogens is 330 g/mol. The van der Waals surface area contributed by atoms with E-state index in [0.717, 1.165) is 15.6 Å².